The van der Waals surface area contributed by atoms with E-state index >= 15 is 0 Å². The van der Waals surface area contributed by atoms with Gasteiger partial charge in [0, 0.05) is 10.9 Å². The highest BCUT2D eigenvalue weighted by Crippen LogP contribution is 2.38. The first kappa shape index (κ1) is 10.3. The number of hydrogen-bond donors (Lipinski definition) is 0. The maximum Gasteiger partial charge on any atom is 0.197 e. The van der Waals surface area contributed by atoms with E-state index in [0.717, 1.165) is 16.5 Å². The topological polar surface area (TPSA) is 26.3 Å². The third-order valence-electron chi connectivity index (χ3n) is 3.46. The van der Waals surface area contributed by atoms with E-state index in [4.69, 9.17) is 4.74 Å². The Bertz CT molecular complexity index is 813. The Morgan fingerprint density at radius 3 is 2.26 bits per heavy atom. The fourth-order valence-corrected chi connectivity index (χ4v) is 2.59. The molecule has 0 aromatic heterocycles. The second kappa shape index (κ2) is 3.69. The normalized spacial score (nSPS) is 12.7. The van der Waals surface area contributed by atoms with Crippen molar-refractivity contribution in [2.24, 2.45) is 0 Å². The minimum absolute atomic E-state index is 0.0196. The molecular formula is C17H10O2. The molecule has 0 spiro atoms. The molecule has 2 heteroatoms. The number of ether oxygens (including phenoxy) is 1. The van der Waals surface area contributed by atoms with Crippen molar-refractivity contribution in [3.05, 3.63) is 71.8 Å². The summed E-state index contributed by atoms with van der Waals surface area (Å²) < 4.78 is 5.92. The molecule has 0 bridgehead atoms. The minimum Gasteiger partial charge on any atom is -0.456 e. The van der Waals surface area contributed by atoms with Gasteiger partial charge in [-0.15, -0.1) is 0 Å². The summed E-state index contributed by atoms with van der Waals surface area (Å²) in [7, 11) is 0. The second-order valence-electron chi connectivity index (χ2n) is 4.59. The largest absolute Gasteiger partial charge is 0.456 e. The number of benzene rings is 3. The van der Waals surface area contributed by atoms with Crippen LogP contribution in [0.1, 0.15) is 15.9 Å². The predicted molar refractivity (Wildman–Crippen MR) is 73.9 cm³/mol. The van der Waals surface area contributed by atoms with Gasteiger partial charge in [-0.1, -0.05) is 42.5 Å². The molecule has 90 valence electrons. The van der Waals surface area contributed by atoms with Gasteiger partial charge >= 0.3 is 0 Å². The third kappa shape index (κ3) is 1.40. The van der Waals surface area contributed by atoms with E-state index in [0.29, 0.717) is 16.9 Å². The quantitative estimate of drug-likeness (QED) is 0.465. The van der Waals surface area contributed by atoms with Crippen LogP contribution >= 0.6 is 0 Å². The van der Waals surface area contributed by atoms with Crippen molar-refractivity contribution in [1.82, 2.24) is 0 Å². The molecule has 0 amide bonds. The Morgan fingerprint density at radius 1 is 0.684 bits per heavy atom. The molecule has 0 unspecified atom stereocenters. The summed E-state index contributed by atoms with van der Waals surface area (Å²) in [6.07, 6.45) is 0. The van der Waals surface area contributed by atoms with Gasteiger partial charge in [0.2, 0.25) is 0 Å². The summed E-state index contributed by atoms with van der Waals surface area (Å²) in [5.41, 5.74) is 1.32. The predicted octanol–water partition coefficient (Wildman–Crippen LogP) is 4.18. The van der Waals surface area contributed by atoms with E-state index in [1.165, 1.54) is 0 Å². The summed E-state index contributed by atoms with van der Waals surface area (Å²) in [6, 6.07) is 19.0. The van der Waals surface area contributed by atoms with Gasteiger partial charge in [-0.25, -0.2) is 0 Å². The summed E-state index contributed by atoms with van der Waals surface area (Å²) >= 11 is 0. The zero-order valence-electron chi connectivity index (χ0n) is 10.1. The van der Waals surface area contributed by atoms with E-state index < -0.39 is 0 Å². The highest BCUT2D eigenvalue weighted by Gasteiger charge is 2.22. The van der Waals surface area contributed by atoms with Crippen LogP contribution < -0.4 is 4.74 Å². The first-order chi connectivity index (χ1) is 9.34. The Morgan fingerprint density at radius 2 is 1.37 bits per heavy atom. The lowest BCUT2D eigenvalue weighted by atomic mass is 9.97. The lowest BCUT2D eigenvalue weighted by Gasteiger charge is -2.07. The molecule has 1 aliphatic rings. The van der Waals surface area contributed by atoms with Crippen LogP contribution in [0, 0.1) is 0 Å². The zero-order valence-corrected chi connectivity index (χ0v) is 10.1. The fraction of sp³-hybridized carbons (Fsp3) is 0. The summed E-state index contributed by atoms with van der Waals surface area (Å²) in [6.45, 7) is 0. The molecule has 19 heavy (non-hydrogen) atoms. The maximum atomic E-state index is 12.6. The van der Waals surface area contributed by atoms with Crippen LogP contribution in [0.25, 0.3) is 10.8 Å². The fourth-order valence-electron chi connectivity index (χ4n) is 2.59. The number of para-hydroxylation sites is 1. The Kier molecular flexibility index (Phi) is 2.00. The van der Waals surface area contributed by atoms with Crippen LogP contribution in [-0.2, 0) is 0 Å². The van der Waals surface area contributed by atoms with Crippen molar-refractivity contribution in [3.63, 3.8) is 0 Å². The van der Waals surface area contributed by atoms with E-state index in [2.05, 4.69) is 0 Å². The lowest BCUT2D eigenvalue weighted by molar-refractivity contribution is 0.103. The lowest BCUT2D eigenvalue weighted by Crippen LogP contribution is -2.00. The Labute approximate surface area is 110 Å². The SMILES string of the molecule is O=C1c2ccccc2Oc2cccc3cccc1c23. The molecule has 1 heterocycles. The second-order valence-corrected chi connectivity index (χ2v) is 4.59. The zero-order chi connectivity index (χ0) is 12.8. The highest BCUT2D eigenvalue weighted by atomic mass is 16.5. The van der Waals surface area contributed by atoms with E-state index in [1.807, 2.05) is 60.7 Å². The van der Waals surface area contributed by atoms with Crippen molar-refractivity contribution in [1.29, 1.82) is 0 Å². The first-order valence-corrected chi connectivity index (χ1v) is 6.18. The highest BCUT2D eigenvalue weighted by molar-refractivity contribution is 6.19. The molecule has 0 aliphatic carbocycles. The van der Waals surface area contributed by atoms with Crippen LogP contribution in [0.15, 0.2) is 60.7 Å². The van der Waals surface area contributed by atoms with Crippen LogP contribution in [0.4, 0.5) is 0 Å². The van der Waals surface area contributed by atoms with Crippen molar-refractivity contribution in [2.75, 3.05) is 0 Å². The van der Waals surface area contributed by atoms with Crippen LogP contribution in [0.3, 0.4) is 0 Å². The molecular weight excluding hydrogens is 236 g/mol. The van der Waals surface area contributed by atoms with Gasteiger partial charge < -0.3 is 4.74 Å². The molecule has 3 aromatic carbocycles. The van der Waals surface area contributed by atoms with Gasteiger partial charge in [-0.3, -0.25) is 4.79 Å². The van der Waals surface area contributed by atoms with Gasteiger partial charge in [0.15, 0.2) is 5.78 Å². The van der Waals surface area contributed by atoms with E-state index in [-0.39, 0.29) is 5.78 Å². The van der Waals surface area contributed by atoms with Crippen LogP contribution in [-0.4, -0.2) is 5.78 Å². The Hall–Kier alpha value is -2.61. The third-order valence-corrected chi connectivity index (χ3v) is 3.46. The average Bonchev–Trinajstić information content (AvgIpc) is 2.58. The van der Waals surface area contributed by atoms with Gasteiger partial charge in [0.25, 0.3) is 0 Å². The average molecular weight is 246 g/mol. The maximum absolute atomic E-state index is 12.6. The van der Waals surface area contributed by atoms with Gasteiger partial charge in [0.1, 0.15) is 11.5 Å². The first-order valence-electron chi connectivity index (χ1n) is 6.18. The van der Waals surface area contributed by atoms with Crippen molar-refractivity contribution in [3.8, 4) is 11.5 Å². The molecule has 0 fully saturated rings. The number of hydrogen-bond acceptors (Lipinski definition) is 2. The molecule has 3 aromatic rings. The van der Waals surface area contributed by atoms with Gasteiger partial charge in [-0.2, -0.15) is 0 Å². The molecule has 0 saturated heterocycles. The molecule has 0 atom stereocenters. The standard InChI is InChI=1S/C17H10O2/c18-17-12-7-1-2-9-14(12)19-15-10-4-6-11-5-3-8-13(17)16(11)15/h1-10H. The van der Waals surface area contributed by atoms with E-state index in [1.54, 1.807) is 0 Å². The number of fused-ring (bicyclic) bond motifs is 1. The molecule has 4 rings (SSSR count). The minimum atomic E-state index is 0.0196. The van der Waals surface area contributed by atoms with Crippen LogP contribution in [0.2, 0.25) is 0 Å². The number of carbonyl (C=O) groups excluding carboxylic acids is 1. The molecule has 1 aliphatic heterocycles. The summed E-state index contributed by atoms with van der Waals surface area (Å²) in [5, 5.41) is 1.92. The van der Waals surface area contributed by atoms with Crippen molar-refractivity contribution in [2.45, 2.75) is 0 Å². The monoisotopic (exact) mass is 246 g/mol. The Balaban J connectivity index is 2.16. The summed E-state index contributed by atoms with van der Waals surface area (Å²) in [5.74, 6) is 1.38. The smallest absolute Gasteiger partial charge is 0.197 e. The van der Waals surface area contributed by atoms with Gasteiger partial charge in [-0.05, 0) is 23.6 Å². The van der Waals surface area contributed by atoms with E-state index in [9.17, 15) is 4.79 Å². The van der Waals surface area contributed by atoms with Gasteiger partial charge in [0.05, 0.1) is 5.56 Å². The van der Waals surface area contributed by atoms with Crippen molar-refractivity contribution < 1.29 is 9.53 Å². The molecule has 0 saturated carbocycles. The molecule has 0 N–H and O–H groups in total. The molecule has 2 nitrogen and oxygen atoms in total. The summed E-state index contributed by atoms with van der Waals surface area (Å²) in [4.78, 5) is 12.6. The van der Waals surface area contributed by atoms with Crippen molar-refractivity contribution >= 4 is 16.6 Å². The number of ketones is 1. The van der Waals surface area contributed by atoms with Crippen LogP contribution in [0.5, 0.6) is 11.5 Å². The number of carbonyl (C=O) groups is 1. The molecule has 0 radical (unpaired) electrons. The number of rotatable bonds is 0.